The van der Waals surface area contributed by atoms with Gasteiger partial charge in [-0.3, -0.25) is 4.79 Å². The third-order valence-corrected chi connectivity index (χ3v) is 1.50. The van der Waals surface area contributed by atoms with Gasteiger partial charge in [0.05, 0.1) is 6.34 Å². The summed E-state index contributed by atoms with van der Waals surface area (Å²) >= 11 is 0. The van der Waals surface area contributed by atoms with Gasteiger partial charge in [0.2, 0.25) is 0 Å². The van der Waals surface area contributed by atoms with E-state index >= 15 is 0 Å². The Hall–Kier alpha value is -1.71. The molecule has 0 aliphatic carbocycles. The minimum absolute atomic E-state index is 0.363. The van der Waals surface area contributed by atoms with E-state index in [4.69, 9.17) is 0 Å². The van der Waals surface area contributed by atoms with E-state index in [0.717, 1.165) is 0 Å². The van der Waals surface area contributed by atoms with Crippen molar-refractivity contribution in [3.05, 3.63) is 35.6 Å². The fourth-order valence-corrected chi connectivity index (χ4v) is 0.835. The molecule has 0 spiro atoms. The van der Waals surface area contributed by atoms with Crippen molar-refractivity contribution in [1.29, 1.82) is 0 Å². The van der Waals surface area contributed by atoms with Crippen molar-refractivity contribution in [2.24, 2.45) is 4.99 Å². The molecule has 1 aromatic carbocycles. The molecule has 0 radical (unpaired) electrons. The van der Waals surface area contributed by atoms with Crippen molar-refractivity contribution < 1.29 is 9.18 Å². The summed E-state index contributed by atoms with van der Waals surface area (Å²) in [6.45, 7) is 0. The Balaban J connectivity index is 2.75. The molecule has 0 aliphatic heterocycles. The van der Waals surface area contributed by atoms with Crippen LogP contribution in [0, 0.1) is 5.82 Å². The number of halogens is 1. The number of amides is 1. The number of carbonyl (C=O) groups excluding carboxylic acids is 1. The number of rotatable bonds is 2. The van der Waals surface area contributed by atoms with Crippen LogP contribution in [0.1, 0.15) is 10.4 Å². The van der Waals surface area contributed by atoms with E-state index in [1.165, 1.54) is 30.6 Å². The molecule has 0 heterocycles. The summed E-state index contributed by atoms with van der Waals surface area (Å²) in [6, 6.07) is 5.28. The SMILES string of the molecule is CN(C)/C=N\C(=O)c1ccc(F)cc1. The summed E-state index contributed by atoms with van der Waals surface area (Å²) in [4.78, 5) is 16.6. The average Bonchev–Trinajstić information content (AvgIpc) is 2.15. The highest BCUT2D eigenvalue weighted by molar-refractivity contribution is 5.98. The van der Waals surface area contributed by atoms with Crippen molar-refractivity contribution in [1.82, 2.24) is 4.90 Å². The predicted molar refractivity (Wildman–Crippen MR) is 52.9 cm³/mol. The van der Waals surface area contributed by atoms with Crippen LogP contribution < -0.4 is 0 Å². The summed E-state index contributed by atoms with van der Waals surface area (Å²) in [6.07, 6.45) is 1.41. The second-order valence-electron chi connectivity index (χ2n) is 3.02. The molecular weight excluding hydrogens is 183 g/mol. The van der Waals surface area contributed by atoms with Crippen molar-refractivity contribution >= 4 is 12.2 Å². The summed E-state index contributed by atoms with van der Waals surface area (Å²) < 4.78 is 12.5. The van der Waals surface area contributed by atoms with Gasteiger partial charge in [-0.25, -0.2) is 4.39 Å². The Labute approximate surface area is 81.9 Å². The zero-order valence-corrected chi connectivity index (χ0v) is 8.07. The van der Waals surface area contributed by atoms with Gasteiger partial charge in [0.1, 0.15) is 5.82 Å². The molecule has 1 rings (SSSR count). The third kappa shape index (κ3) is 2.97. The molecule has 0 N–H and O–H groups in total. The lowest BCUT2D eigenvalue weighted by atomic mass is 10.2. The van der Waals surface area contributed by atoms with Gasteiger partial charge in [-0.1, -0.05) is 0 Å². The summed E-state index contributed by atoms with van der Waals surface area (Å²) in [7, 11) is 3.53. The van der Waals surface area contributed by atoms with Crippen LogP contribution in [-0.4, -0.2) is 31.2 Å². The van der Waals surface area contributed by atoms with E-state index in [9.17, 15) is 9.18 Å². The van der Waals surface area contributed by atoms with E-state index in [0.29, 0.717) is 5.56 Å². The van der Waals surface area contributed by atoms with E-state index in [-0.39, 0.29) is 11.7 Å². The highest BCUT2D eigenvalue weighted by Gasteiger charge is 2.02. The molecule has 0 saturated heterocycles. The fraction of sp³-hybridized carbons (Fsp3) is 0.200. The predicted octanol–water partition coefficient (Wildman–Crippen LogP) is 1.56. The highest BCUT2D eigenvalue weighted by atomic mass is 19.1. The smallest absolute Gasteiger partial charge is 0.278 e. The molecule has 0 aliphatic rings. The average molecular weight is 194 g/mol. The normalized spacial score (nSPS) is 10.5. The number of hydrogen-bond donors (Lipinski definition) is 0. The van der Waals surface area contributed by atoms with Crippen molar-refractivity contribution in [3.63, 3.8) is 0 Å². The summed E-state index contributed by atoms with van der Waals surface area (Å²) in [5.41, 5.74) is 0.379. The first-order chi connectivity index (χ1) is 6.59. The van der Waals surface area contributed by atoms with E-state index in [1.807, 2.05) is 0 Å². The molecule has 0 fully saturated rings. The number of hydrogen-bond acceptors (Lipinski definition) is 1. The number of benzene rings is 1. The fourth-order valence-electron chi connectivity index (χ4n) is 0.835. The van der Waals surface area contributed by atoms with Gasteiger partial charge < -0.3 is 4.90 Å². The van der Waals surface area contributed by atoms with Crippen LogP contribution in [0.5, 0.6) is 0 Å². The van der Waals surface area contributed by atoms with Crippen molar-refractivity contribution in [2.75, 3.05) is 14.1 Å². The molecule has 14 heavy (non-hydrogen) atoms. The van der Waals surface area contributed by atoms with Gasteiger partial charge in [-0.15, -0.1) is 0 Å². The molecule has 4 heteroatoms. The Bertz CT molecular complexity index is 344. The Morgan fingerprint density at radius 3 is 2.43 bits per heavy atom. The summed E-state index contributed by atoms with van der Waals surface area (Å²) in [5, 5.41) is 0. The van der Waals surface area contributed by atoms with Gasteiger partial charge in [-0.05, 0) is 24.3 Å². The molecule has 74 valence electrons. The Morgan fingerprint density at radius 2 is 1.93 bits per heavy atom. The quantitative estimate of drug-likeness (QED) is 0.528. The van der Waals surface area contributed by atoms with Crippen LogP contribution in [0.3, 0.4) is 0 Å². The van der Waals surface area contributed by atoms with Gasteiger partial charge in [-0.2, -0.15) is 4.99 Å². The minimum Gasteiger partial charge on any atom is -0.369 e. The van der Waals surface area contributed by atoms with Gasteiger partial charge >= 0.3 is 0 Å². The van der Waals surface area contributed by atoms with E-state index < -0.39 is 0 Å². The standard InChI is InChI=1S/C10H11FN2O/c1-13(2)7-12-10(14)8-3-5-9(11)6-4-8/h3-7H,1-2H3/b12-7-. The van der Waals surface area contributed by atoms with Gasteiger partial charge in [0.25, 0.3) is 5.91 Å². The molecule has 1 amide bonds. The highest BCUT2D eigenvalue weighted by Crippen LogP contribution is 2.03. The van der Waals surface area contributed by atoms with Crippen LogP contribution in [0.2, 0.25) is 0 Å². The lowest BCUT2D eigenvalue weighted by Crippen LogP contribution is -2.09. The number of nitrogens with zero attached hydrogens (tertiary/aromatic N) is 2. The first kappa shape index (κ1) is 10.4. The third-order valence-electron chi connectivity index (χ3n) is 1.50. The van der Waals surface area contributed by atoms with E-state index in [2.05, 4.69) is 4.99 Å². The molecule has 3 nitrogen and oxygen atoms in total. The van der Waals surface area contributed by atoms with Crippen LogP contribution in [0.4, 0.5) is 4.39 Å². The molecule has 1 aromatic rings. The summed E-state index contributed by atoms with van der Waals surface area (Å²) in [5.74, 6) is -0.739. The molecule has 0 saturated carbocycles. The lowest BCUT2D eigenvalue weighted by molar-refractivity contribution is 0.100. The Kier molecular flexibility index (Phi) is 3.34. The molecule has 0 bridgehead atoms. The minimum atomic E-state index is -0.376. The van der Waals surface area contributed by atoms with Crippen LogP contribution in [0.25, 0.3) is 0 Å². The number of aliphatic imine (C=N–C) groups is 1. The van der Waals surface area contributed by atoms with Crippen LogP contribution in [-0.2, 0) is 0 Å². The first-order valence-corrected chi connectivity index (χ1v) is 4.10. The zero-order valence-electron chi connectivity index (χ0n) is 8.07. The van der Waals surface area contributed by atoms with Crippen LogP contribution >= 0.6 is 0 Å². The second kappa shape index (κ2) is 4.50. The number of carbonyl (C=O) groups is 1. The van der Waals surface area contributed by atoms with Gasteiger partial charge in [0, 0.05) is 19.7 Å². The zero-order chi connectivity index (χ0) is 10.6. The maximum Gasteiger partial charge on any atom is 0.278 e. The molecule has 0 atom stereocenters. The lowest BCUT2D eigenvalue weighted by Gasteiger charge is -2.01. The molecule has 0 aromatic heterocycles. The van der Waals surface area contributed by atoms with Crippen molar-refractivity contribution in [2.45, 2.75) is 0 Å². The Morgan fingerprint density at radius 1 is 1.36 bits per heavy atom. The maximum atomic E-state index is 12.5. The topological polar surface area (TPSA) is 32.7 Å². The van der Waals surface area contributed by atoms with Crippen molar-refractivity contribution in [3.8, 4) is 0 Å². The van der Waals surface area contributed by atoms with Gasteiger partial charge in [0.15, 0.2) is 0 Å². The monoisotopic (exact) mass is 194 g/mol. The largest absolute Gasteiger partial charge is 0.369 e. The van der Waals surface area contributed by atoms with E-state index in [1.54, 1.807) is 19.0 Å². The maximum absolute atomic E-state index is 12.5. The van der Waals surface area contributed by atoms with Crippen LogP contribution in [0.15, 0.2) is 29.3 Å². The second-order valence-corrected chi connectivity index (χ2v) is 3.02. The first-order valence-electron chi connectivity index (χ1n) is 4.10. The molecule has 0 unspecified atom stereocenters. The molecular formula is C10H11FN2O.